The van der Waals surface area contributed by atoms with E-state index in [0.29, 0.717) is 18.5 Å². The molecule has 1 saturated carbocycles. The van der Waals surface area contributed by atoms with Crippen LogP contribution in [0.25, 0.3) is 0 Å². The first-order chi connectivity index (χ1) is 8.01. The fraction of sp³-hybridized carbons (Fsp3) is 0.923. The number of carbonyl (C=O) groups is 1. The second-order valence-corrected chi connectivity index (χ2v) is 5.12. The van der Waals surface area contributed by atoms with Gasteiger partial charge in [-0.1, -0.05) is 13.8 Å². The van der Waals surface area contributed by atoms with Crippen LogP contribution in [-0.4, -0.2) is 47.7 Å². The van der Waals surface area contributed by atoms with Crippen molar-refractivity contribution in [3.8, 4) is 0 Å². The van der Waals surface area contributed by atoms with Crippen molar-refractivity contribution in [2.24, 2.45) is 5.92 Å². The van der Waals surface area contributed by atoms with Gasteiger partial charge in [-0.3, -0.25) is 9.69 Å². The van der Waals surface area contributed by atoms with E-state index in [0.717, 1.165) is 25.8 Å². The molecule has 0 aromatic rings. The lowest BCUT2D eigenvalue weighted by Crippen LogP contribution is -2.60. The Morgan fingerprint density at radius 2 is 2.12 bits per heavy atom. The number of hydrogen-bond acceptors (Lipinski definition) is 3. The van der Waals surface area contributed by atoms with Crippen molar-refractivity contribution < 1.29 is 9.90 Å². The molecule has 2 atom stereocenters. The van der Waals surface area contributed by atoms with Gasteiger partial charge in [-0.15, -0.1) is 0 Å². The highest BCUT2D eigenvalue weighted by molar-refractivity contribution is 5.80. The Labute approximate surface area is 104 Å². The summed E-state index contributed by atoms with van der Waals surface area (Å²) >= 11 is 0. The molecule has 0 aromatic heterocycles. The molecule has 0 aliphatic heterocycles. The van der Waals surface area contributed by atoms with E-state index in [1.807, 2.05) is 0 Å². The van der Waals surface area contributed by atoms with Gasteiger partial charge < -0.3 is 10.4 Å². The van der Waals surface area contributed by atoms with Crippen molar-refractivity contribution in [1.29, 1.82) is 0 Å². The predicted octanol–water partition coefficient (Wildman–Crippen LogP) is 1.56. The topological polar surface area (TPSA) is 52.6 Å². The van der Waals surface area contributed by atoms with Gasteiger partial charge in [0.25, 0.3) is 0 Å². The first-order valence-corrected chi connectivity index (χ1v) is 6.68. The van der Waals surface area contributed by atoms with Crippen molar-refractivity contribution in [1.82, 2.24) is 10.2 Å². The van der Waals surface area contributed by atoms with Crippen LogP contribution in [0.3, 0.4) is 0 Å². The van der Waals surface area contributed by atoms with Crippen molar-refractivity contribution in [3.05, 3.63) is 0 Å². The van der Waals surface area contributed by atoms with E-state index in [1.165, 1.54) is 0 Å². The summed E-state index contributed by atoms with van der Waals surface area (Å²) in [6, 6.07) is 0.436. The van der Waals surface area contributed by atoms with Crippen molar-refractivity contribution >= 4 is 5.97 Å². The van der Waals surface area contributed by atoms with Crippen LogP contribution in [-0.2, 0) is 4.79 Å². The van der Waals surface area contributed by atoms with Crippen LogP contribution in [0.5, 0.6) is 0 Å². The van der Waals surface area contributed by atoms with Crippen LogP contribution >= 0.6 is 0 Å². The highest BCUT2D eigenvalue weighted by atomic mass is 16.4. The minimum absolute atomic E-state index is 0.295. The molecule has 2 unspecified atom stereocenters. The molecule has 0 aromatic carbocycles. The Kier molecular flexibility index (Phi) is 4.95. The van der Waals surface area contributed by atoms with Gasteiger partial charge in [0.2, 0.25) is 0 Å². The summed E-state index contributed by atoms with van der Waals surface area (Å²) in [7, 11) is 1.77. The van der Waals surface area contributed by atoms with Crippen molar-refractivity contribution in [2.75, 3.05) is 20.1 Å². The smallest absolute Gasteiger partial charge is 0.325 e. The van der Waals surface area contributed by atoms with Crippen LogP contribution < -0.4 is 5.32 Å². The number of rotatable bonds is 8. The molecule has 0 heterocycles. The van der Waals surface area contributed by atoms with E-state index in [4.69, 9.17) is 0 Å². The molecule has 1 fully saturated rings. The summed E-state index contributed by atoms with van der Waals surface area (Å²) in [5, 5.41) is 12.6. The average Bonchev–Trinajstić information content (AvgIpc) is 3.14. The molecule has 1 aliphatic rings. The second kappa shape index (κ2) is 5.83. The monoisotopic (exact) mass is 242 g/mol. The summed E-state index contributed by atoms with van der Waals surface area (Å²) in [6.07, 6.45) is 3.12. The molecule has 0 saturated heterocycles. The molecule has 100 valence electrons. The number of nitrogens with one attached hydrogen (secondary N) is 1. The lowest BCUT2D eigenvalue weighted by molar-refractivity contribution is -0.147. The van der Waals surface area contributed by atoms with Crippen LogP contribution in [0.1, 0.15) is 40.0 Å². The molecular formula is C13H26N2O2. The van der Waals surface area contributed by atoms with Gasteiger partial charge in [-0.2, -0.15) is 0 Å². The maximum absolute atomic E-state index is 11.6. The number of aliphatic carboxylic acids is 1. The Bertz CT molecular complexity index is 266. The average molecular weight is 242 g/mol. The summed E-state index contributed by atoms with van der Waals surface area (Å²) < 4.78 is 0. The number of nitrogens with zero attached hydrogens (tertiary/aromatic N) is 1. The van der Waals surface area contributed by atoms with Gasteiger partial charge in [-0.05, 0) is 45.7 Å². The van der Waals surface area contributed by atoms with Crippen molar-refractivity contribution in [2.45, 2.75) is 51.6 Å². The van der Waals surface area contributed by atoms with E-state index in [9.17, 15) is 9.90 Å². The lowest BCUT2D eigenvalue weighted by Gasteiger charge is -2.37. The van der Waals surface area contributed by atoms with Gasteiger partial charge in [-0.25, -0.2) is 0 Å². The minimum atomic E-state index is -0.751. The molecule has 2 N–H and O–H groups in total. The molecule has 0 radical (unpaired) electrons. The molecule has 0 spiro atoms. The summed E-state index contributed by atoms with van der Waals surface area (Å²) in [6.45, 7) is 7.92. The molecule has 1 rings (SSSR count). The number of hydrogen-bond donors (Lipinski definition) is 2. The van der Waals surface area contributed by atoms with E-state index < -0.39 is 11.5 Å². The van der Waals surface area contributed by atoms with Gasteiger partial charge in [0.05, 0.1) is 0 Å². The third kappa shape index (κ3) is 2.99. The number of likely N-dealkylation sites (N-methyl/N-ethyl adjacent to an activating group) is 2. The molecule has 4 heteroatoms. The molecular weight excluding hydrogens is 216 g/mol. The SMILES string of the molecule is CCC(C)N(CC)CC(NC)(C(=O)O)C1CC1. The molecule has 0 amide bonds. The molecule has 0 bridgehead atoms. The standard InChI is InChI=1S/C13H26N2O2/c1-5-10(3)15(6-2)9-13(14-4,12(16)17)11-7-8-11/h10-11,14H,5-9H2,1-4H3,(H,16,17). The van der Waals surface area contributed by atoms with E-state index >= 15 is 0 Å². The van der Waals surface area contributed by atoms with Gasteiger partial charge in [0, 0.05) is 12.6 Å². The molecule has 17 heavy (non-hydrogen) atoms. The highest BCUT2D eigenvalue weighted by Crippen LogP contribution is 2.40. The van der Waals surface area contributed by atoms with Crippen LogP contribution in [0.4, 0.5) is 0 Å². The summed E-state index contributed by atoms with van der Waals surface area (Å²) in [5.41, 5.74) is -0.751. The maximum atomic E-state index is 11.6. The van der Waals surface area contributed by atoms with E-state index in [2.05, 4.69) is 31.0 Å². The Balaban J connectivity index is 2.80. The molecule has 1 aliphatic carbocycles. The number of carboxylic acid groups (broad SMARTS) is 1. The third-order valence-electron chi connectivity index (χ3n) is 4.17. The molecule has 4 nitrogen and oxygen atoms in total. The largest absolute Gasteiger partial charge is 0.480 e. The first-order valence-electron chi connectivity index (χ1n) is 6.68. The number of carboxylic acids is 1. The quantitative estimate of drug-likeness (QED) is 0.678. The zero-order valence-corrected chi connectivity index (χ0v) is 11.5. The first kappa shape index (κ1) is 14.5. The zero-order chi connectivity index (χ0) is 13.1. The summed E-state index contributed by atoms with van der Waals surface area (Å²) in [5.74, 6) is -0.410. The van der Waals surface area contributed by atoms with E-state index in [1.54, 1.807) is 7.05 Å². The Morgan fingerprint density at radius 3 is 2.41 bits per heavy atom. The predicted molar refractivity (Wildman–Crippen MR) is 69.2 cm³/mol. The van der Waals surface area contributed by atoms with Crippen LogP contribution in [0.15, 0.2) is 0 Å². The second-order valence-electron chi connectivity index (χ2n) is 5.12. The van der Waals surface area contributed by atoms with Gasteiger partial charge in [0.1, 0.15) is 5.54 Å². The Hall–Kier alpha value is -0.610. The fourth-order valence-electron chi connectivity index (χ4n) is 2.50. The normalized spacial score (nSPS) is 21.2. The summed E-state index contributed by atoms with van der Waals surface area (Å²) in [4.78, 5) is 13.9. The highest BCUT2D eigenvalue weighted by Gasteiger charge is 2.51. The van der Waals surface area contributed by atoms with Gasteiger partial charge in [0.15, 0.2) is 0 Å². The van der Waals surface area contributed by atoms with Crippen LogP contribution in [0, 0.1) is 5.92 Å². The maximum Gasteiger partial charge on any atom is 0.325 e. The van der Waals surface area contributed by atoms with Crippen LogP contribution in [0.2, 0.25) is 0 Å². The zero-order valence-electron chi connectivity index (χ0n) is 11.5. The third-order valence-corrected chi connectivity index (χ3v) is 4.17. The lowest BCUT2D eigenvalue weighted by atomic mass is 9.92. The Morgan fingerprint density at radius 1 is 1.53 bits per heavy atom. The minimum Gasteiger partial charge on any atom is -0.480 e. The van der Waals surface area contributed by atoms with Gasteiger partial charge >= 0.3 is 5.97 Å². The van der Waals surface area contributed by atoms with Crippen molar-refractivity contribution in [3.63, 3.8) is 0 Å². The van der Waals surface area contributed by atoms with E-state index in [-0.39, 0.29) is 0 Å². The fourth-order valence-corrected chi connectivity index (χ4v) is 2.50.